The Labute approximate surface area is 168 Å². The number of hydrogen-bond donors (Lipinski definition) is 2. The average Bonchev–Trinajstić information content (AvgIpc) is 3.26. The first-order valence-electron chi connectivity index (χ1n) is 9.29. The number of nitrogens with zero attached hydrogens (tertiary/aromatic N) is 4. The maximum absolute atomic E-state index is 4.82. The third-order valence-electron chi connectivity index (χ3n) is 5.38. The van der Waals surface area contributed by atoms with E-state index < -0.39 is 0 Å². The van der Waals surface area contributed by atoms with Gasteiger partial charge < -0.3 is 10.6 Å². The van der Waals surface area contributed by atoms with Crippen LogP contribution in [0.5, 0.6) is 0 Å². The Hall–Kier alpha value is -0.830. The number of aromatic nitrogens is 2. The van der Waals surface area contributed by atoms with E-state index in [1.165, 1.54) is 30.5 Å². The van der Waals surface area contributed by atoms with Crippen LogP contribution in [0.2, 0.25) is 0 Å². The van der Waals surface area contributed by atoms with Crippen LogP contribution < -0.4 is 10.6 Å². The molecule has 0 aromatic carbocycles. The topological polar surface area (TPSA) is 57.5 Å². The molecule has 1 aromatic rings. The largest absolute Gasteiger partial charge is 0.357 e. The van der Waals surface area contributed by atoms with E-state index in [0.29, 0.717) is 18.6 Å². The molecule has 3 rings (SSSR count). The second-order valence-corrected chi connectivity index (χ2v) is 7.32. The van der Waals surface area contributed by atoms with Gasteiger partial charge in [0.25, 0.3) is 0 Å². The highest BCUT2D eigenvalue weighted by atomic mass is 127. The highest BCUT2D eigenvalue weighted by Gasteiger charge is 2.38. The molecule has 0 bridgehead atoms. The minimum absolute atomic E-state index is 0. The maximum atomic E-state index is 4.82. The van der Waals surface area contributed by atoms with Crippen molar-refractivity contribution in [3.63, 3.8) is 0 Å². The third-order valence-corrected chi connectivity index (χ3v) is 5.38. The highest BCUT2D eigenvalue weighted by molar-refractivity contribution is 14.0. The summed E-state index contributed by atoms with van der Waals surface area (Å²) in [6, 6.07) is 2.02. The fourth-order valence-electron chi connectivity index (χ4n) is 3.79. The van der Waals surface area contributed by atoms with E-state index in [4.69, 9.17) is 4.99 Å². The maximum Gasteiger partial charge on any atom is 0.191 e. The summed E-state index contributed by atoms with van der Waals surface area (Å²) < 4.78 is 1.94. The van der Waals surface area contributed by atoms with Crippen molar-refractivity contribution in [3.8, 4) is 0 Å². The second-order valence-electron chi connectivity index (χ2n) is 7.32. The van der Waals surface area contributed by atoms with E-state index in [1.54, 1.807) is 0 Å². The Kier molecular flexibility index (Phi) is 7.13. The molecular weight excluding hydrogens is 427 g/mol. The Bertz CT molecular complexity index is 607. The number of aliphatic imine (C=N–C) groups is 1. The normalized spacial score (nSPS) is 24.3. The van der Waals surface area contributed by atoms with Crippen LogP contribution in [0.15, 0.2) is 4.99 Å². The molecule has 1 saturated carbocycles. The number of likely N-dealkylation sites (tertiary alicyclic amines) is 1. The van der Waals surface area contributed by atoms with Gasteiger partial charge in [-0.3, -0.25) is 9.58 Å². The number of nitrogens with one attached hydrogen (secondary N) is 2. The SMILES string of the molecule is CCNC(=NCc1c(C)nn(C)c1C)NC1CC(C)N(C2CC2)C1.I. The molecule has 0 amide bonds. The number of rotatable bonds is 5. The summed E-state index contributed by atoms with van der Waals surface area (Å²) in [5, 5.41) is 11.5. The molecule has 25 heavy (non-hydrogen) atoms. The van der Waals surface area contributed by atoms with Gasteiger partial charge in [-0.1, -0.05) is 0 Å². The first-order valence-corrected chi connectivity index (χ1v) is 9.29. The van der Waals surface area contributed by atoms with Crippen LogP contribution in [-0.4, -0.2) is 51.9 Å². The van der Waals surface area contributed by atoms with Crippen molar-refractivity contribution in [2.45, 2.75) is 71.6 Å². The fraction of sp³-hybridized carbons (Fsp3) is 0.778. The van der Waals surface area contributed by atoms with E-state index in [0.717, 1.165) is 30.8 Å². The molecule has 0 radical (unpaired) electrons. The molecular formula is C18H33IN6. The van der Waals surface area contributed by atoms with Crippen LogP contribution in [0, 0.1) is 13.8 Å². The van der Waals surface area contributed by atoms with Crippen LogP contribution in [0.1, 0.15) is 50.1 Å². The van der Waals surface area contributed by atoms with Crippen LogP contribution >= 0.6 is 24.0 Å². The summed E-state index contributed by atoms with van der Waals surface area (Å²) in [4.78, 5) is 7.48. The fourth-order valence-corrected chi connectivity index (χ4v) is 3.79. The lowest BCUT2D eigenvalue weighted by Crippen LogP contribution is -2.44. The number of guanidine groups is 1. The van der Waals surface area contributed by atoms with Gasteiger partial charge in [0.05, 0.1) is 12.2 Å². The molecule has 1 aliphatic heterocycles. The number of aryl methyl sites for hydroxylation is 2. The molecule has 142 valence electrons. The molecule has 2 atom stereocenters. The van der Waals surface area contributed by atoms with Gasteiger partial charge in [0.15, 0.2) is 5.96 Å². The lowest BCUT2D eigenvalue weighted by Gasteiger charge is -2.20. The summed E-state index contributed by atoms with van der Waals surface area (Å²) in [7, 11) is 1.99. The monoisotopic (exact) mass is 460 g/mol. The van der Waals surface area contributed by atoms with Crippen molar-refractivity contribution < 1.29 is 0 Å². The summed E-state index contributed by atoms with van der Waals surface area (Å²) in [5.41, 5.74) is 3.50. The van der Waals surface area contributed by atoms with Crippen molar-refractivity contribution in [1.82, 2.24) is 25.3 Å². The number of halogens is 1. The Balaban J connectivity index is 0.00000225. The molecule has 6 nitrogen and oxygen atoms in total. The van der Waals surface area contributed by atoms with Gasteiger partial charge in [-0.15, -0.1) is 24.0 Å². The minimum atomic E-state index is 0. The summed E-state index contributed by atoms with van der Waals surface area (Å²) >= 11 is 0. The molecule has 2 aliphatic rings. The molecule has 2 heterocycles. The van der Waals surface area contributed by atoms with Gasteiger partial charge in [0.2, 0.25) is 0 Å². The second kappa shape index (κ2) is 8.70. The summed E-state index contributed by atoms with van der Waals surface area (Å²) in [6.45, 7) is 11.3. The van der Waals surface area contributed by atoms with Crippen LogP contribution in [0.25, 0.3) is 0 Å². The molecule has 1 aromatic heterocycles. The van der Waals surface area contributed by atoms with Crippen molar-refractivity contribution >= 4 is 29.9 Å². The highest BCUT2D eigenvalue weighted by Crippen LogP contribution is 2.33. The van der Waals surface area contributed by atoms with Gasteiger partial charge in [0, 0.05) is 49.5 Å². The van der Waals surface area contributed by atoms with Crippen molar-refractivity contribution in [2.24, 2.45) is 12.0 Å². The minimum Gasteiger partial charge on any atom is -0.357 e. The van der Waals surface area contributed by atoms with Gasteiger partial charge >= 0.3 is 0 Å². The average molecular weight is 460 g/mol. The molecule has 2 N–H and O–H groups in total. The number of hydrogen-bond acceptors (Lipinski definition) is 3. The lowest BCUT2D eigenvalue weighted by atomic mass is 10.2. The predicted molar refractivity (Wildman–Crippen MR) is 114 cm³/mol. The first-order chi connectivity index (χ1) is 11.5. The molecule has 0 spiro atoms. The first kappa shape index (κ1) is 20.5. The van der Waals surface area contributed by atoms with Crippen LogP contribution in [0.3, 0.4) is 0 Å². The van der Waals surface area contributed by atoms with Gasteiger partial charge in [-0.2, -0.15) is 5.10 Å². The molecule has 2 unspecified atom stereocenters. The van der Waals surface area contributed by atoms with E-state index in [9.17, 15) is 0 Å². The van der Waals surface area contributed by atoms with Crippen LogP contribution in [-0.2, 0) is 13.6 Å². The third kappa shape index (κ3) is 4.87. The van der Waals surface area contributed by atoms with Gasteiger partial charge in [0.1, 0.15) is 0 Å². The zero-order valence-electron chi connectivity index (χ0n) is 16.2. The molecule has 1 aliphatic carbocycles. The Morgan fingerprint density at radius 1 is 1.32 bits per heavy atom. The lowest BCUT2D eigenvalue weighted by molar-refractivity contribution is 0.256. The summed E-state index contributed by atoms with van der Waals surface area (Å²) in [5.74, 6) is 0.926. The van der Waals surface area contributed by atoms with Gasteiger partial charge in [-0.25, -0.2) is 4.99 Å². The predicted octanol–water partition coefficient (Wildman–Crippen LogP) is 2.34. The quantitative estimate of drug-likeness (QED) is 0.403. The van der Waals surface area contributed by atoms with Gasteiger partial charge in [-0.05, 0) is 47.0 Å². The van der Waals surface area contributed by atoms with E-state index >= 15 is 0 Å². The van der Waals surface area contributed by atoms with Crippen molar-refractivity contribution in [3.05, 3.63) is 17.0 Å². The molecule has 7 heteroatoms. The van der Waals surface area contributed by atoms with Crippen LogP contribution in [0.4, 0.5) is 0 Å². The Morgan fingerprint density at radius 3 is 2.60 bits per heavy atom. The van der Waals surface area contributed by atoms with Crippen molar-refractivity contribution in [2.75, 3.05) is 13.1 Å². The Morgan fingerprint density at radius 2 is 2.04 bits per heavy atom. The van der Waals surface area contributed by atoms with E-state index in [-0.39, 0.29) is 24.0 Å². The smallest absolute Gasteiger partial charge is 0.191 e. The molecule has 1 saturated heterocycles. The molecule has 2 fully saturated rings. The zero-order valence-corrected chi connectivity index (χ0v) is 18.5. The van der Waals surface area contributed by atoms with E-state index in [2.05, 4.69) is 48.3 Å². The van der Waals surface area contributed by atoms with E-state index in [1.807, 2.05) is 11.7 Å². The summed E-state index contributed by atoms with van der Waals surface area (Å²) in [6.07, 6.45) is 3.96. The zero-order chi connectivity index (χ0) is 17.3. The standard InChI is InChI=1S/C18H32N6.HI/c1-6-19-18(20-10-17-13(3)22-23(5)14(17)4)21-15-9-12(2)24(11-15)16-7-8-16;/h12,15-16H,6-11H2,1-5H3,(H2,19,20,21);1H. The van der Waals surface area contributed by atoms with Crippen molar-refractivity contribution in [1.29, 1.82) is 0 Å².